The first-order valence-electron chi connectivity index (χ1n) is 6.92. The van der Waals surface area contributed by atoms with Crippen molar-refractivity contribution in [2.75, 3.05) is 19.6 Å². The van der Waals surface area contributed by atoms with Gasteiger partial charge in [-0.2, -0.15) is 0 Å². The molecule has 1 heterocycles. The normalized spacial score (nSPS) is 23.6. The van der Waals surface area contributed by atoms with Gasteiger partial charge in [0, 0.05) is 19.6 Å². The van der Waals surface area contributed by atoms with Crippen molar-refractivity contribution in [3.05, 3.63) is 0 Å². The molecule has 1 unspecified atom stereocenters. The minimum Gasteiger partial charge on any atom is -0.390 e. The Hall–Kier alpha value is -0.0800. The maximum atomic E-state index is 10.6. The lowest BCUT2D eigenvalue weighted by molar-refractivity contribution is -0.0655. The fraction of sp³-hybridized carbons (Fsp3) is 1.00. The van der Waals surface area contributed by atoms with Gasteiger partial charge in [0.2, 0.25) is 0 Å². The Labute approximate surface area is 101 Å². The fourth-order valence-corrected chi connectivity index (χ4v) is 2.83. The van der Waals surface area contributed by atoms with Crippen LogP contribution >= 0.6 is 0 Å². The van der Waals surface area contributed by atoms with Crippen LogP contribution in [0.1, 0.15) is 53.4 Å². The summed E-state index contributed by atoms with van der Waals surface area (Å²) in [4.78, 5) is 2.50. The van der Waals surface area contributed by atoms with Crippen LogP contribution in [0.5, 0.6) is 0 Å². The van der Waals surface area contributed by atoms with Crippen LogP contribution in [0.4, 0.5) is 0 Å². The second kappa shape index (κ2) is 6.02. The lowest BCUT2D eigenvalue weighted by atomic mass is 9.78. The van der Waals surface area contributed by atoms with Gasteiger partial charge in [-0.15, -0.1) is 0 Å². The quantitative estimate of drug-likeness (QED) is 0.780. The Balaban J connectivity index is 2.40. The van der Waals surface area contributed by atoms with Crippen molar-refractivity contribution >= 4 is 0 Å². The van der Waals surface area contributed by atoms with Crippen LogP contribution in [0.15, 0.2) is 0 Å². The summed E-state index contributed by atoms with van der Waals surface area (Å²) < 4.78 is 0. The van der Waals surface area contributed by atoms with E-state index in [-0.39, 0.29) is 5.60 Å². The predicted molar refractivity (Wildman–Crippen MR) is 69.5 cm³/mol. The van der Waals surface area contributed by atoms with Crippen molar-refractivity contribution in [3.63, 3.8) is 0 Å². The molecular weight excluding hydrogens is 198 g/mol. The molecule has 0 aromatic heterocycles. The zero-order valence-corrected chi connectivity index (χ0v) is 11.5. The molecule has 0 bridgehead atoms. The molecule has 96 valence electrons. The number of likely N-dealkylation sites (tertiary alicyclic amines) is 1. The minimum atomic E-state index is -0.385. The van der Waals surface area contributed by atoms with E-state index >= 15 is 0 Å². The molecule has 2 heteroatoms. The minimum absolute atomic E-state index is 0.385. The second-order valence-corrected chi connectivity index (χ2v) is 5.99. The van der Waals surface area contributed by atoms with Gasteiger partial charge in [-0.1, -0.05) is 34.1 Å². The largest absolute Gasteiger partial charge is 0.390 e. The lowest BCUT2D eigenvalue weighted by Crippen LogP contribution is -2.48. The van der Waals surface area contributed by atoms with Crippen molar-refractivity contribution in [2.24, 2.45) is 11.8 Å². The summed E-state index contributed by atoms with van der Waals surface area (Å²) in [6.07, 6.45) is 4.25. The van der Waals surface area contributed by atoms with Crippen LogP contribution in [0, 0.1) is 11.8 Å². The van der Waals surface area contributed by atoms with Crippen LogP contribution in [0.25, 0.3) is 0 Å². The molecule has 0 amide bonds. The number of hydrogen-bond donors (Lipinski definition) is 1. The van der Waals surface area contributed by atoms with E-state index in [1.54, 1.807) is 0 Å². The highest BCUT2D eigenvalue weighted by Crippen LogP contribution is 2.32. The van der Waals surface area contributed by atoms with Crippen LogP contribution < -0.4 is 0 Å². The molecule has 0 aromatic rings. The smallest absolute Gasteiger partial charge is 0.0697 e. The standard InChI is InChI=1S/C14H29NO/c1-5-6-13(4)14(16)7-9-15(10-8-14)11-12(2)3/h12-13,16H,5-11H2,1-4H3. The van der Waals surface area contributed by atoms with E-state index in [2.05, 4.69) is 32.6 Å². The molecule has 2 nitrogen and oxygen atoms in total. The van der Waals surface area contributed by atoms with Gasteiger partial charge < -0.3 is 10.0 Å². The van der Waals surface area contributed by atoms with E-state index in [0.29, 0.717) is 5.92 Å². The zero-order chi connectivity index (χ0) is 12.2. The molecule has 0 aromatic carbocycles. The van der Waals surface area contributed by atoms with E-state index in [0.717, 1.165) is 38.3 Å². The second-order valence-electron chi connectivity index (χ2n) is 5.99. The third kappa shape index (κ3) is 3.74. The molecule has 0 saturated carbocycles. The number of rotatable bonds is 5. The van der Waals surface area contributed by atoms with Crippen molar-refractivity contribution in [3.8, 4) is 0 Å². The summed E-state index contributed by atoms with van der Waals surface area (Å²) in [6.45, 7) is 12.3. The monoisotopic (exact) mass is 227 g/mol. The van der Waals surface area contributed by atoms with Gasteiger partial charge >= 0.3 is 0 Å². The number of aliphatic hydroxyl groups is 1. The van der Waals surface area contributed by atoms with E-state index < -0.39 is 0 Å². The van der Waals surface area contributed by atoms with Gasteiger partial charge in [0.05, 0.1) is 5.60 Å². The van der Waals surface area contributed by atoms with Crippen molar-refractivity contribution in [1.82, 2.24) is 4.90 Å². The summed E-state index contributed by atoms with van der Waals surface area (Å²) in [7, 11) is 0. The molecule has 16 heavy (non-hydrogen) atoms. The highest BCUT2D eigenvalue weighted by molar-refractivity contribution is 4.89. The number of hydrogen-bond acceptors (Lipinski definition) is 2. The first kappa shape index (κ1) is 14.0. The molecule has 0 spiro atoms. The van der Waals surface area contributed by atoms with Crippen LogP contribution in [0.2, 0.25) is 0 Å². The van der Waals surface area contributed by atoms with Gasteiger partial charge in [-0.3, -0.25) is 0 Å². The first-order chi connectivity index (χ1) is 7.48. The Bertz CT molecular complexity index is 195. The molecule has 1 atom stereocenters. The Morgan fingerprint density at radius 2 is 1.75 bits per heavy atom. The number of piperidine rings is 1. The van der Waals surface area contributed by atoms with E-state index in [9.17, 15) is 5.11 Å². The maximum absolute atomic E-state index is 10.6. The molecule has 1 saturated heterocycles. The van der Waals surface area contributed by atoms with E-state index in [1.165, 1.54) is 13.0 Å². The average molecular weight is 227 g/mol. The summed E-state index contributed by atoms with van der Waals surface area (Å²) in [5.41, 5.74) is -0.385. The highest BCUT2D eigenvalue weighted by Gasteiger charge is 2.36. The summed E-state index contributed by atoms with van der Waals surface area (Å²) >= 11 is 0. The van der Waals surface area contributed by atoms with Gasteiger partial charge in [-0.25, -0.2) is 0 Å². The lowest BCUT2D eigenvalue weighted by Gasteiger charge is -2.42. The molecule has 0 radical (unpaired) electrons. The molecule has 1 aliphatic heterocycles. The summed E-state index contributed by atoms with van der Waals surface area (Å²) in [5, 5.41) is 10.6. The average Bonchev–Trinajstić information content (AvgIpc) is 2.21. The maximum Gasteiger partial charge on any atom is 0.0697 e. The Kier molecular flexibility index (Phi) is 5.26. The Morgan fingerprint density at radius 1 is 1.19 bits per heavy atom. The van der Waals surface area contributed by atoms with Crippen LogP contribution in [-0.4, -0.2) is 35.2 Å². The summed E-state index contributed by atoms with van der Waals surface area (Å²) in [6, 6.07) is 0. The van der Waals surface area contributed by atoms with Gasteiger partial charge in [0.15, 0.2) is 0 Å². The van der Waals surface area contributed by atoms with E-state index in [4.69, 9.17) is 0 Å². The van der Waals surface area contributed by atoms with Crippen molar-refractivity contribution in [1.29, 1.82) is 0 Å². The molecule has 1 aliphatic rings. The van der Waals surface area contributed by atoms with Gasteiger partial charge in [0.25, 0.3) is 0 Å². The molecule has 1 N–H and O–H groups in total. The fourth-order valence-electron chi connectivity index (χ4n) is 2.83. The van der Waals surface area contributed by atoms with Crippen molar-refractivity contribution in [2.45, 2.75) is 59.0 Å². The van der Waals surface area contributed by atoms with Gasteiger partial charge in [-0.05, 0) is 31.1 Å². The van der Waals surface area contributed by atoms with Crippen LogP contribution in [-0.2, 0) is 0 Å². The van der Waals surface area contributed by atoms with Crippen LogP contribution in [0.3, 0.4) is 0 Å². The third-order valence-corrected chi connectivity index (χ3v) is 3.98. The zero-order valence-electron chi connectivity index (χ0n) is 11.5. The summed E-state index contributed by atoms with van der Waals surface area (Å²) in [5.74, 6) is 1.19. The Morgan fingerprint density at radius 3 is 2.19 bits per heavy atom. The first-order valence-corrected chi connectivity index (χ1v) is 6.92. The topological polar surface area (TPSA) is 23.5 Å². The molecule has 1 fully saturated rings. The van der Waals surface area contributed by atoms with Gasteiger partial charge in [0.1, 0.15) is 0 Å². The molecular formula is C14H29NO. The SMILES string of the molecule is CCCC(C)C1(O)CCN(CC(C)C)CC1. The predicted octanol–water partition coefficient (Wildman–Crippen LogP) is 2.91. The number of nitrogens with zero attached hydrogens (tertiary/aromatic N) is 1. The third-order valence-electron chi connectivity index (χ3n) is 3.98. The van der Waals surface area contributed by atoms with E-state index in [1.807, 2.05) is 0 Å². The molecule has 1 rings (SSSR count). The van der Waals surface area contributed by atoms with Crippen molar-refractivity contribution < 1.29 is 5.11 Å². The molecule has 0 aliphatic carbocycles. The highest BCUT2D eigenvalue weighted by atomic mass is 16.3.